The van der Waals surface area contributed by atoms with Gasteiger partial charge in [0.1, 0.15) is 0 Å². The molecule has 0 nitrogen and oxygen atoms in total. The third kappa shape index (κ3) is 11.6. The third-order valence-electron chi connectivity index (χ3n) is 8.32. The van der Waals surface area contributed by atoms with Crippen molar-refractivity contribution >= 4 is 36.9 Å². The van der Waals surface area contributed by atoms with E-state index in [2.05, 4.69) is 102 Å². The Morgan fingerprint density at radius 1 is 0.731 bits per heavy atom. The number of hydrogen-bond acceptors (Lipinski definition) is 0. The molecule has 0 amide bonds. The Morgan fingerprint density at radius 2 is 1.17 bits per heavy atom. The molecule has 0 aromatic heterocycles. The topological polar surface area (TPSA) is 0 Å². The molecule has 272 valence electrons. The Labute approximate surface area is 329 Å². The maximum absolute atomic E-state index is 12.7. The molecule has 0 fully saturated rings. The fourth-order valence-electron chi connectivity index (χ4n) is 5.37. The number of benzene rings is 4. The Morgan fingerprint density at radius 3 is 1.50 bits per heavy atom. The molecule has 1 aliphatic carbocycles. The number of alkyl halides is 6. The van der Waals surface area contributed by atoms with Crippen molar-refractivity contribution in [1.29, 1.82) is 0 Å². The van der Waals surface area contributed by atoms with Gasteiger partial charge in [-0.05, 0) is 11.1 Å². The molecule has 0 heterocycles. The molecule has 1 aliphatic rings. The van der Waals surface area contributed by atoms with Gasteiger partial charge in [-0.1, -0.05) is 95.0 Å². The summed E-state index contributed by atoms with van der Waals surface area (Å²) in [7, 11) is 0. The first-order valence-electron chi connectivity index (χ1n) is 16.1. The second-order valence-corrected chi connectivity index (χ2v) is 14.2. The molecule has 5 aromatic carbocycles. The second kappa shape index (κ2) is 18.6. The Balaban J connectivity index is 0.000000279. The summed E-state index contributed by atoms with van der Waals surface area (Å²) in [4.78, 5) is 0. The van der Waals surface area contributed by atoms with Crippen LogP contribution in [0.3, 0.4) is 0 Å². The van der Waals surface area contributed by atoms with Crippen LogP contribution in [0.4, 0.5) is 26.3 Å². The van der Waals surface area contributed by atoms with Crippen LogP contribution in [0.15, 0.2) is 122 Å². The molecule has 1 unspecified atom stereocenters. The van der Waals surface area contributed by atoms with Crippen LogP contribution in [-0.2, 0) is 36.6 Å². The fraction of sp³-hybridized carbons (Fsp3) is 0.209. The summed E-state index contributed by atoms with van der Waals surface area (Å²) in [6, 6.07) is 24.3. The molecule has 0 N–H and O–H groups in total. The van der Waals surface area contributed by atoms with Gasteiger partial charge >= 0.3 is 137 Å². The molecule has 0 aliphatic heterocycles. The number of fused-ring (bicyclic) bond motifs is 3. The number of hydrogen-bond donors (Lipinski definition) is 0. The van der Waals surface area contributed by atoms with Gasteiger partial charge < -0.3 is 24.8 Å². The van der Waals surface area contributed by atoms with Gasteiger partial charge in [0, 0.05) is 0 Å². The zero-order valence-corrected chi connectivity index (χ0v) is 33.2. The van der Waals surface area contributed by atoms with Crippen molar-refractivity contribution in [3.63, 3.8) is 0 Å². The van der Waals surface area contributed by atoms with Gasteiger partial charge in [0.2, 0.25) is 0 Å². The molecule has 52 heavy (non-hydrogen) atoms. The molecule has 0 spiro atoms. The minimum Gasteiger partial charge on any atom is -1.00 e. The van der Waals surface area contributed by atoms with Crippen molar-refractivity contribution < 1.29 is 75.4 Å². The van der Waals surface area contributed by atoms with Crippen LogP contribution < -0.4 is 24.8 Å². The SMILES string of the molecule is C=Cc1ccc2[cH-]c3ccc(C=C)cc3c2c1.CCC1[C-]=CC(C(C)(C)C)=C1.FC(F)(F)c1cccc([C](=[Zr+2])c2cccc(C(F)(F)F)c2)c1.[Cl-].[Cl-]. The van der Waals surface area contributed by atoms with Gasteiger partial charge in [0.05, 0.1) is 0 Å². The van der Waals surface area contributed by atoms with E-state index in [0.717, 1.165) is 59.6 Å². The van der Waals surface area contributed by atoms with Crippen molar-refractivity contribution in [2.24, 2.45) is 11.3 Å². The first-order chi connectivity index (χ1) is 23.4. The molecule has 0 saturated carbocycles. The number of halogens is 8. The molecule has 0 radical (unpaired) electrons. The molecule has 5 aromatic rings. The van der Waals surface area contributed by atoms with Crippen LogP contribution in [0.25, 0.3) is 33.7 Å². The largest absolute Gasteiger partial charge is 1.00 e. The Kier molecular flexibility index (Phi) is 16.0. The monoisotopic (exact) mass is 828 g/mol. The van der Waals surface area contributed by atoms with E-state index in [0.29, 0.717) is 14.5 Å². The van der Waals surface area contributed by atoms with E-state index in [9.17, 15) is 26.3 Å². The molecule has 0 bridgehead atoms. The van der Waals surface area contributed by atoms with Gasteiger partial charge in [-0.2, -0.15) is 11.6 Å². The average molecular weight is 831 g/mol. The van der Waals surface area contributed by atoms with Crippen molar-refractivity contribution in [3.8, 4) is 0 Å². The van der Waals surface area contributed by atoms with Gasteiger partial charge in [-0.3, -0.25) is 6.08 Å². The second-order valence-electron chi connectivity index (χ2n) is 13.0. The van der Waals surface area contributed by atoms with E-state index >= 15 is 0 Å². The van der Waals surface area contributed by atoms with Crippen LogP contribution in [0.2, 0.25) is 0 Å². The molecular weight excluding hydrogens is 793 g/mol. The van der Waals surface area contributed by atoms with Crippen molar-refractivity contribution in [2.45, 2.75) is 46.5 Å². The fourth-order valence-corrected chi connectivity index (χ4v) is 6.13. The molecule has 1 atom stereocenters. The Bertz CT molecular complexity index is 1950. The van der Waals surface area contributed by atoms with Crippen molar-refractivity contribution in [3.05, 3.63) is 161 Å². The summed E-state index contributed by atoms with van der Waals surface area (Å²) in [5.41, 5.74) is 2.96. The summed E-state index contributed by atoms with van der Waals surface area (Å²) >= 11 is 0.729. The minimum absolute atomic E-state index is 0. The zero-order chi connectivity index (χ0) is 36.9. The first kappa shape index (κ1) is 44.8. The van der Waals surface area contributed by atoms with Crippen LogP contribution >= 0.6 is 0 Å². The first-order valence-corrected chi connectivity index (χ1v) is 17.3. The van der Waals surface area contributed by atoms with Crippen LogP contribution in [0.1, 0.15) is 67.5 Å². The maximum atomic E-state index is 12.7. The third-order valence-corrected chi connectivity index (χ3v) is 9.74. The van der Waals surface area contributed by atoms with Crippen molar-refractivity contribution in [1.82, 2.24) is 0 Å². The predicted octanol–water partition coefficient (Wildman–Crippen LogP) is 7.20. The maximum Gasteiger partial charge on any atom is -1.00 e. The van der Waals surface area contributed by atoms with Crippen LogP contribution in [0, 0.1) is 17.4 Å². The average Bonchev–Trinajstić information content (AvgIpc) is 3.73. The normalized spacial score (nSPS) is 13.8. The van der Waals surface area contributed by atoms with E-state index in [1.165, 1.54) is 57.8 Å². The Hall–Kier alpha value is -3.38. The quantitative estimate of drug-likeness (QED) is 0.130. The summed E-state index contributed by atoms with van der Waals surface area (Å²) in [6.45, 7) is 16.6. The van der Waals surface area contributed by atoms with E-state index < -0.39 is 23.5 Å². The summed E-state index contributed by atoms with van der Waals surface area (Å²) in [5, 5.41) is 5.15. The van der Waals surface area contributed by atoms with E-state index in [1.807, 2.05) is 12.2 Å². The predicted molar refractivity (Wildman–Crippen MR) is 192 cm³/mol. The molecular formula is C43H38Cl2F6Zr-2. The standard InChI is InChI=1S/C17H13.C15H8F6.C11H17.2ClH.Zr/c1-3-12-5-7-14-11-15-8-6-13(4-2)10-17(15)16(14)9-12;16-14(17,18)12-5-1-3-10(8-12)7-11-4-2-6-13(9-11)15(19,20)21;1-5-9-6-7-10(8-9)11(2,3)4;;;/h3-11H,1-2H2;1-6,8-9H;7-9H,5H2,1-4H3;2*1H;/q-1;;-1;;;+2/p-2. The van der Waals surface area contributed by atoms with E-state index in [4.69, 9.17) is 0 Å². The van der Waals surface area contributed by atoms with E-state index in [1.54, 1.807) is 0 Å². The van der Waals surface area contributed by atoms with E-state index in [-0.39, 0.29) is 35.9 Å². The molecule has 0 saturated heterocycles. The summed E-state index contributed by atoms with van der Waals surface area (Å²) < 4.78 is 76.7. The zero-order valence-electron chi connectivity index (χ0n) is 29.2. The van der Waals surface area contributed by atoms with Gasteiger partial charge in [0.15, 0.2) is 0 Å². The minimum atomic E-state index is -4.49. The smallest absolute Gasteiger partial charge is 1.00 e. The molecule has 6 rings (SSSR count). The van der Waals surface area contributed by atoms with Gasteiger partial charge in [0.25, 0.3) is 0 Å². The van der Waals surface area contributed by atoms with Crippen LogP contribution in [0.5, 0.6) is 0 Å². The van der Waals surface area contributed by atoms with Crippen LogP contribution in [-0.4, -0.2) is 3.21 Å². The van der Waals surface area contributed by atoms with Gasteiger partial charge in [-0.15, -0.1) is 39.7 Å². The number of allylic oxidation sites excluding steroid dienone is 4. The summed E-state index contributed by atoms with van der Waals surface area (Å²) in [6.07, 6.45) is 3.80. The summed E-state index contributed by atoms with van der Waals surface area (Å²) in [5.74, 6) is 0.573. The van der Waals surface area contributed by atoms with Gasteiger partial charge in [-0.25, -0.2) is 6.08 Å². The number of rotatable bonds is 5. The molecule has 9 heteroatoms. The van der Waals surface area contributed by atoms with Crippen molar-refractivity contribution in [2.75, 3.05) is 0 Å².